The van der Waals surface area contributed by atoms with Gasteiger partial charge >= 0.3 is 5.97 Å². The number of aryl methyl sites for hydroxylation is 2. The predicted octanol–water partition coefficient (Wildman–Crippen LogP) is 5.64. The standard InChI is InChI=1S/C24H19ClN4O3S/c1-13-9-17(25)7-8-18(13)32-11-15-5-4-6-16(10-15)21-27-22-19-14(2)20(24(30)31-3)33-23(19)26-12-29(22)28-21/h4-10,12H,11H2,1-3H3. The zero-order valence-corrected chi connectivity index (χ0v) is 19.7. The Morgan fingerprint density at radius 2 is 2.03 bits per heavy atom. The molecule has 33 heavy (non-hydrogen) atoms. The molecule has 3 heterocycles. The quantitative estimate of drug-likeness (QED) is 0.304. The van der Waals surface area contributed by atoms with Crippen LogP contribution >= 0.6 is 22.9 Å². The molecule has 0 saturated carbocycles. The van der Waals surface area contributed by atoms with Gasteiger partial charge in [0.25, 0.3) is 0 Å². The third-order valence-corrected chi connectivity index (χ3v) is 6.77. The highest BCUT2D eigenvalue weighted by Gasteiger charge is 2.21. The van der Waals surface area contributed by atoms with Crippen molar-refractivity contribution in [1.29, 1.82) is 0 Å². The lowest BCUT2D eigenvalue weighted by Crippen LogP contribution is -1.99. The van der Waals surface area contributed by atoms with E-state index < -0.39 is 0 Å². The lowest BCUT2D eigenvalue weighted by atomic mass is 10.1. The number of ether oxygens (including phenoxy) is 2. The number of halogens is 1. The molecule has 0 radical (unpaired) electrons. The van der Waals surface area contributed by atoms with Crippen molar-refractivity contribution in [2.75, 3.05) is 7.11 Å². The molecule has 0 aliphatic rings. The number of benzene rings is 2. The van der Waals surface area contributed by atoms with Crippen molar-refractivity contribution >= 4 is 44.8 Å². The van der Waals surface area contributed by atoms with Crippen molar-refractivity contribution in [1.82, 2.24) is 19.6 Å². The fourth-order valence-corrected chi connectivity index (χ4v) is 4.97. The second-order valence-electron chi connectivity index (χ2n) is 7.57. The predicted molar refractivity (Wildman–Crippen MR) is 128 cm³/mol. The van der Waals surface area contributed by atoms with E-state index in [1.807, 2.05) is 56.3 Å². The van der Waals surface area contributed by atoms with Crippen molar-refractivity contribution in [2.24, 2.45) is 0 Å². The van der Waals surface area contributed by atoms with E-state index in [1.54, 1.807) is 10.8 Å². The Kier molecular flexibility index (Phi) is 5.47. The van der Waals surface area contributed by atoms with Gasteiger partial charge < -0.3 is 9.47 Å². The van der Waals surface area contributed by atoms with Crippen LogP contribution in [-0.4, -0.2) is 32.7 Å². The van der Waals surface area contributed by atoms with E-state index >= 15 is 0 Å². The van der Waals surface area contributed by atoms with E-state index in [4.69, 9.17) is 26.1 Å². The first-order chi connectivity index (χ1) is 15.9. The van der Waals surface area contributed by atoms with Crippen LogP contribution < -0.4 is 4.74 Å². The maximum absolute atomic E-state index is 12.1. The van der Waals surface area contributed by atoms with E-state index in [0.717, 1.165) is 38.2 Å². The molecule has 0 N–H and O–H groups in total. The highest BCUT2D eigenvalue weighted by Crippen LogP contribution is 2.33. The molecular weight excluding hydrogens is 460 g/mol. The summed E-state index contributed by atoms with van der Waals surface area (Å²) in [6.45, 7) is 4.24. The average Bonchev–Trinajstić information content (AvgIpc) is 3.39. The minimum Gasteiger partial charge on any atom is -0.489 e. The summed E-state index contributed by atoms with van der Waals surface area (Å²) in [5.74, 6) is 0.981. The van der Waals surface area contributed by atoms with Gasteiger partial charge in [0.2, 0.25) is 0 Å². The molecule has 0 bridgehead atoms. The molecule has 7 nitrogen and oxygen atoms in total. The number of carbonyl (C=O) groups excluding carboxylic acids is 1. The van der Waals surface area contributed by atoms with Gasteiger partial charge in [-0.25, -0.2) is 19.3 Å². The molecule has 0 spiro atoms. The number of fused-ring (bicyclic) bond motifs is 3. The summed E-state index contributed by atoms with van der Waals surface area (Å²) in [7, 11) is 1.37. The number of hydrogen-bond donors (Lipinski definition) is 0. The molecule has 5 aromatic rings. The number of carbonyl (C=O) groups is 1. The molecule has 0 fully saturated rings. The SMILES string of the molecule is COC(=O)c1sc2ncn3nc(-c4cccc(COc5ccc(Cl)cc5C)c4)nc3c2c1C. The molecule has 3 aromatic heterocycles. The third-order valence-electron chi connectivity index (χ3n) is 5.35. The van der Waals surface area contributed by atoms with Crippen molar-refractivity contribution in [3.05, 3.63) is 75.4 Å². The Bertz CT molecular complexity index is 1530. The van der Waals surface area contributed by atoms with Gasteiger partial charge in [0, 0.05) is 10.6 Å². The fraction of sp³-hybridized carbons (Fsp3) is 0.167. The summed E-state index contributed by atoms with van der Waals surface area (Å²) in [4.78, 5) is 22.6. The largest absolute Gasteiger partial charge is 0.489 e. The van der Waals surface area contributed by atoms with Crippen LogP contribution in [0.15, 0.2) is 48.8 Å². The van der Waals surface area contributed by atoms with Crippen LogP contribution in [0.25, 0.3) is 27.3 Å². The molecule has 166 valence electrons. The van der Waals surface area contributed by atoms with Crippen LogP contribution in [0.1, 0.15) is 26.4 Å². The minimum absolute atomic E-state index is 0.378. The molecular formula is C24H19ClN4O3S. The Morgan fingerprint density at radius 1 is 1.18 bits per heavy atom. The van der Waals surface area contributed by atoms with Gasteiger partial charge in [0.15, 0.2) is 11.5 Å². The van der Waals surface area contributed by atoms with Crippen LogP contribution in [0.3, 0.4) is 0 Å². The van der Waals surface area contributed by atoms with Crippen LogP contribution in [0.4, 0.5) is 0 Å². The summed E-state index contributed by atoms with van der Waals surface area (Å²) >= 11 is 7.32. The average molecular weight is 479 g/mol. The van der Waals surface area contributed by atoms with E-state index in [0.29, 0.717) is 28.0 Å². The molecule has 9 heteroatoms. The molecule has 5 rings (SSSR count). The number of thiophene rings is 1. The summed E-state index contributed by atoms with van der Waals surface area (Å²) in [6, 6.07) is 13.5. The summed E-state index contributed by atoms with van der Waals surface area (Å²) in [6.07, 6.45) is 1.61. The normalized spacial score (nSPS) is 11.3. The molecule has 0 aliphatic heterocycles. The Labute approximate surface area is 198 Å². The first-order valence-corrected chi connectivity index (χ1v) is 11.3. The van der Waals surface area contributed by atoms with Crippen molar-refractivity contribution in [3.63, 3.8) is 0 Å². The maximum atomic E-state index is 12.1. The van der Waals surface area contributed by atoms with Gasteiger partial charge in [-0.15, -0.1) is 16.4 Å². The zero-order valence-electron chi connectivity index (χ0n) is 18.1. The maximum Gasteiger partial charge on any atom is 0.348 e. The van der Waals surface area contributed by atoms with Crippen LogP contribution in [-0.2, 0) is 11.3 Å². The van der Waals surface area contributed by atoms with Crippen LogP contribution in [0.2, 0.25) is 5.02 Å². The Morgan fingerprint density at radius 3 is 2.82 bits per heavy atom. The number of aromatic nitrogens is 4. The Balaban J connectivity index is 1.48. The number of nitrogens with zero attached hydrogens (tertiary/aromatic N) is 4. The first kappa shape index (κ1) is 21.4. The van der Waals surface area contributed by atoms with E-state index in [9.17, 15) is 4.79 Å². The van der Waals surface area contributed by atoms with Gasteiger partial charge in [0.1, 0.15) is 28.4 Å². The molecule has 0 atom stereocenters. The van der Waals surface area contributed by atoms with Crippen molar-refractivity contribution < 1.29 is 14.3 Å². The van der Waals surface area contributed by atoms with E-state index in [1.165, 1.54) is 18.4 Å². The van der Waals surface area contributed by atoms with Crippen LogP contribution in [0.5, 0.6) is 5.75 Å². The van der Waals surface area contributed by atoms with Crippen molar-refractivity contribution in [3.8, 4) is 17.1 Å². The molecule has 0 saturated heterocycles. The third kappa shape index (κ3) is 3.92. The zero-order chi connectivity index (χ0) is 23.1. The highest BCUT2D eigenvalue weighted by molar-refractivity contribution is 7.20. The number of esters is 1. The van der Waals surface area contributed by atoms with E-state index in [2.05, 4.69) is 10.1 Å². The number of methoxy groups -OCH3 is 1. The van der Waals surface area contributed by atoms with Gasteiger partial charge in [-0.05, 0) is 54.8 Å². The van der Waals surface area contributed by atoms with E-state index in [-0.39, 0.29) is 5.97 Å². The second kappa shape index (κ2) is 8.46. The van der Waals surface area contributed by atoms with Gasteiger partial charge in [-0.2, -0.15) is 0 Å². The molecule has 0 unspecified atom stereocenters. The number of rotatable bonds is 5. The minimum atomic E-state index is -0.378. The van der Waals surface area contributed by atoms with Crippen LogP contribution in [0, 0.1) is 13.8 Å². The summed E-state index contributed by atoms with van der Waals surface area (Å²) in [5.41, 5.74) is 4.27. The topological polar surface area (TPSA) is 78.6 Å². The fourth-order valence-electron chi connectivity index (χ4n) is 3.68. The molecule has 2 aromatic carbocycles. The molecule has 0 aliphatic carbocycles. The summed E-state index contributed by atoms with van der Waals surface area (Å²) < 4.78 is 12.5. The first-order valence-electron chi connectivity index (χ1n) is 10.2. The lowest BCUT2D eigenvalue weighted by molar-refractivity contribution is 0.0605. The summed E-state index contributed by atoms with van der Waals surface area (Å²) in [5, 5.41) is 6.10. The Hall–Kier alpha value is -3.49. The van der Waals surface area contributed by atoms with Gasteiger partial charge in [-0.1, -0.05) is 29.8 Å². The second-order valence-corrected chi connectivity index (χ2v) is 9.01. The highest BCUT2D eigenvalue weighted by atomic mass is 35.5. The smallest absolute Gasteiger partial charge is 0.348 e. The number of hydrogen-bond acceptors (Lipinski definition) is 7. The monoisotopic (exact) mass is 478 g/mol. The van der Waals surface area contributed by atoms with Gasteiger partial charge in [0.05, 0.1) is 12.5 Å². The molecule has 0 amide bonds. The van der Waals surface area contributed by atoms with Crippen molar-refractivity contribution in [2.45, 2.75) is 20.5 Å². The van der Waals surface area contributed by atoms with Gasteiger partial charge in [-0.3, -0.25) is 0 Å². The lowest BCUT2D eigenvalue weighted by Gasteiger charge is -2.10.